The molecule has 0 aromatic heterocycles. The number of carboxylic acids is 1. The number of likely N-dealkylation sites (tertiary alicyclic amines) is 1. The summed E-state index contributed by atoms with van der Waals surface area (Å²) in [5.74, 6) is -1.22. The summed E-state index contributed by atoms with van der Waals surface area (Å²) >= 11 is 0. The van der Waals surface area contributed by atoms with Gasteiger partial charge in [0.2, 0.25) is 5.91 Å². The molecule has 1 amide bonds. The third-order valence-corrected chi connectivity index (χ3v) is 3.63. The highest BCUT2D eigenvalue weighted by atomic mass is 16.5. The molecule has 1 heterocycles. The fraction of sp³-hybridized carbons (Fsp3) is 0.857. The van der Waals surface area contributed by atoms with E-state index in [1.165, 1.54) is 6.42 Å². The van der Waals surface area contributed by atoms with Crippen molar-refractivity contribution >= 4 is 11.9 Å². The van der Waals surface area contributed by atoms with Gasteiger partial charge in [-0.1, -0.05) is 6.92 Å². The fourth-order valence-corrected chi connectivity index (χ4v) is 2.36. The number of nitrogens with zero attached hydrogens (tertiary/aromatic N) is 2. The lowest BCUT2D eigenvalue weighted by Gasteiger charge is -2.30. The first-order valence-corrected chi connectivity index (χ1v) is 7.26. The molecule has 20 heavy (non-hydrogen) atoms. The average molecular weight is 286 g/mol. The minimum atomic E-state index is -0.835. The molecular formula is C14H26N2O4. The number of rotatable bonds is 8. The number of aliphatic carboxylic acids is 1. The van der Waals surface area contributed by atoms with Crippen molar-refractivity contribution in [3.63, 3.8) is 0 Å². The van der Waals surface area contributed by atoms with Gasteiger partial charge in [0.05, 0.1) is 19.1 Å². The largest absolute Gasteiger partial charge is 0.481 e. The quantitative estimate of drug-likeness (QED) is 0.710. The second-order valence-corrected chi connectivity index (χ2v) is 5.41. The van der Waals surface area contributed by atoms with Gasteiger partial charge < -0.3 is 14.7 Å². The number of methoxy groups -OCH3 is 1. The molecule has 1 aliphatic heterocycles. The molecule has 0 spiro atoms. The van der Waals surface area contributed by atoms with E-state index in [2.05, 4.69) is 0 Å². The molecule has 0 aromatic carbocycles. The molecule has 6 nitrogen and oxygen atoms in total. The molecule has 0 aromatic rings. The third kappa shape index (κ3) is 5.88. The SMILES string of the molecule is COCCN(CC(=O)N1CCCCC1)CC(C)C(=O)O. The van der Waals surface area contributed by atoms with Crippen molar-refractivity contribution in [2.24, 2.45) is 5.92 Å². The van der Waals surface area contributed by atoms with Gasteiger partial charge in [-0.3, -0.25) is 14.5 Å². The summed E-state index contributed by atoms with van der Waals surface area (Å²) < 4.78 is 5.03. The van der Waals surface area contributed by atoms with E-state index in [1.807, 2.05) is 9.80 Å². The second-order valence-electron chi connectivity index (χ2n) is 5.41. The van der Waals surface area contributed by atoms with E-state index in [9.17, 15) is 9.59 Å². The number of carbonyl (C=O) groups excluding carboxylic acids is 1. The van der Waals surface area contributed by atoms with Crippen LogP contribution in [0, 0.1) is 5.92 Å². The van der Waals surface area contributed by atoms with E-state index in [0.717, 1.165) is 25.9 Å². The molecule has 0 aliphatic carbocycles. The van der Waals surface area contributed by atoms with Gasteiger partial charge >= 0.3 is 5.97 Å². The Labute approximate surface area is 120 Å². The molecule has 0 saturated carbocycles. The minimum Gasteiger partial charge on any atom is -0.481 e. The summed E-state index contributed by atoms with van der Waals surface area (Å²) in [7, 11) is 1.60. The van der Waals surface area contributed by atoms with Crippen LogP contribution in [0.3, 0.4) is 0 Å². The van der Waals surface area contributed by atoms with E-state index in [4.69, 9.17) is 9.84 Å². The zero-order chi connectivity index (χ0) is 15.0. The van der Waals surface area contributed by atoms with Gasteiger partial charge in [-0.15, -0.1) is 0 Å². The lowest BCUT2D eigenvalue weighted by molar-refractivity contribution is -0.143. The molecule has 1 N–H and O–H groups in total. The Kier molecular flexibility index (Phi) is 7.54. The van der Waals surface area contributed by atoms with Crippen molar-refractivity contribution in [1.82, 2.24) is 9.80 Å². The predicted octanol–water partition coefficient (Wildman–Crippen LogP) is 0.668. The summed E-state index contributed by atoms with van der Waals surface area (Å²) in [6, 6.07) is 0. The van der Waals surface area contributed by atoms with Gasteiger partial charge in [0, 0.05) is 33.3 Å². The molecular weight excluding hydrogens is 260 g/mol. The van der Waals surface area contributed by atoms with Crippen LogP contribution in [0.25, 0.3) is 0 Å². The molecule has 1 rings (SSSR count). The zero-order valence-corrected chi connectivity index (χ0v) is 12.5. The number of hydrogen-bond acceptors (Lipinski definition) is 4. The molecule has 1 aliphatic rings. The molecule has 0 bridgehead atoms. The predicted molar refractivity (Wildman–Crippen MR) is 75.5 cm³/mol. The van der Waals surface area contributed by atoms with Crippen LogP contribution in [0.1, 0.15) is 26.2 Å². The van der Waals surface area contributed by atoms with Crippen molar-refractivity contribution < 1.29 is 19.4 Å². The lowest BCUT2D eigenvalue weighted by Crippen LogP contribution is -2.45. The van der Waals surface area contributed by atoms with Crippen molar-refractivity contribution in [1.29, 1.82) is 0 Å². The minimum absolute atomic E-state index is 0.0957. The molecule has 1 unspecified atom stereocenters. The lowest BCUT2D eigenvalue weighted by atomic mass is 10.1. The number of hydrogen-bond donors (Lipinski definition) is 1. The summed E-state index contributed by atoms with van der Waals surface area (Å²) in [5, 5.41) is 8.99. The number of piperidine rings is 1. The van der Waals surface area contributed by atoms with Gasteiger partial charge in [-0.05, 0) is 19.3 Å². The molecule has 6 heteroatoms. The first kappa shape index (κ1) is 16.9. The van der Waals surface area contributed by atoms with Crippen LogP contribution < -0.4 is 0 Å². The number of ether oxygens (including phenoxy) is 1. The van der Waals surface area contributed by atoms with Gasteiger partial charge in [0.15, 0.2) is 0 Å². The van der Waals surface area contributed by atoms with Crippen molar-refractivity contribution in [3.8, 4) is 0 Å². The summed E-state index contributed by atoms with van der Waals surface area (Å²) in [4.78, 5) is 26.9. The van der Waals surface area contributed by atoms with E-state index in [1.54, 1.807) is 14.0 Å². The van der Waals surface area contributed by atoms with E-state index in [0.29, 0.717) is 19.7 Å². The number of amides is 1. The standard InChI is InChI=1S/C14H26N2O4/c1-12(14(18)19)10-15(8-9-20-2)11-13(17)16-6-4-3-5-7-16/h12H,3-11H2,1-2H3,(H,18,19). The van der Waals surface area contributed by atoms with E-state index in [-0.39, 0.29) is 12.5 Å². The Balaban J connectivity index is 2.49. The van der Waals surface area contributed by atoms with Crippen molar-refractivity contribution in [2.75, 3.05) is 46.4 Å². The van der Waals surface area contributed by atoms with Crippen LogP contribution in [0.4, 0.5) is 0 Å². The Morgan fingerprint density at radius 3 is 2.50 bits per heavy atom. The molecule has 1 atom stereocenters. The Morgan fingerprint density at radius 2 is 1.95 bits per heavy atom. The Hall–Kier alpha value is -1.14. The maximum atomic E-state index is 12.2. The number of carbonyl (C=O) groups is 2. The van der Waals surface area contributed by atoms with Crippen LogP contribution in [0.5, 0.6) is 0 Å². The van der Waals surface area contributed by atoms with Gasteiger partial charge in [0.1, 0.15) is 0 Å². The van der Waals surface area contributed by atoms with Crippen molar-refractivity contribution in [2.45, 2.75) is 26.2 Å². The normalized spacial score (nSPS) is 17.2. The second kappa shape index (κ2) is 8.92. The fourth-order valence-electron chi connectivity index (χ4n) is 2.36. The summed E-state index contributed by atoms with van der Waals surface area (Å²) in [5.41, 5.74) is 0. The van der Waals surface area contributed by atoms with E-state index >= 15 is 0 Å². The molecule has 0 radical (unpaired) electrons. The highest BCUT2D eigenvalue weighted by Crippen LogP contribution is 2.10. The third-order valence-electron chi connectivity index (χ3n) is 3.63. The average Bonchev–Trinajstić information content (AvgIpc) is 2.45. The Bertz CT molecular complexity index is 316. The molecule has 116 valence electrons. The molecule has 1 saturated heterocycles. The van der Waals surface area contributed by atoms with Gasteiger partial charge in [-0.2, -0.15) is 0 Å². The zero-order valence-electron chi connectivity index (χ0n) is 12.5. The Morgan fingerprint density at radius 1 is 1.30 bits per heavy atom. The maximum Gasteiger partial charge on any atom is 0.307 e. The first-order valence-electron chi connectivity index (χ1n) is 7.26. The van der Waals surface area contributed by atoms with Crippen LogP contribution in [0.15, 0.2) is 0 Å². The van der Waals surface area contributed by atoms with Crippen molar-refractivity contribution in [3.05, 3.63) is 0 Å². The highest BCUT2D eigenvalue weighted by molar-refractivity contribution is 5.78. The molecule has 1 fully saturated rings. The first-order chi connectivity index (χ1) is 9.54. The highest BCUT2D eigenvalue weighted by Gasteiger charge is 2.22. The van der Waals surface area contributed by atoms with Gasteiger partial charge in [-0.25, -0.2) is 0 Å². The van der Waals surface area contributed by atoms with Crippen LogP contribution in [-0.2, 0) is 14.3 Å². The monoisotopic (exact) mass is 286 g/mol. The summed E-state index contributed by atoms with van der Waals surface area (Å²) in [6.07, 6.45) is 3.32. The van der Waals surface area contributed by atoms with Crippen LogP contribution in [0.2, 0.25) is 0 Å². The van der Waals surface area contributed by atoms with Gasteiger partial charge in [0.25, 0.3) is 0 Å². The maximum absolute atomic E-state index is 12.2. The topological polar surface area (TPSA) is 70.1 Å². The smallest absolute Gasteiger partial charge is 0.307 e. The van der Waals surface area contributed by atoms with Crippen LogP contribution in [-0.4, -0.2) is 73.2 Å². The number of carboxylic acid groups (broad SMARTS) is 1. The van der Waals surface area contributed by atoms with Crippen LogP contribution >= 0.6 is 0 Å². The summed E-state index contributed by atoms with van der Waals surface area (Å²) in [6.45, 7) is 5.04. The van der Waals surface area contributed by atoms with E-state index < -0.39 is 11.9 Å².